The van der Waals surface area contributed by atoms with Crippen LogP contribution in [0.4, 0.5) is 5.69 Å². The first kappa shape index (κ1) is 10.2. The van der Waals surface area contributed by atoms with Crippen molar-refractivity contribution in [2.24, 2.45) is 0 Å². The maximum Gasteiger partial charge on any atom is 0.0717 e. The lowest BCUT2D eigenvalue weighted by Crippen LogP contribution is -2.44. The molecule has 0 bridgehead atoms. The third-order valence-corrected chi connectivity index (χ3v) is 3.89. The zero-order valence-corrected chi connectivity index (χ0v) is 9.61. The van der Waals surface area contributed by atoms with Crippen molar-refractivity contribution < 1.29 is 4.74 Å². The van der Waals surface area contributed by atoms with Crippen LogP contribution in [0.15, 0.2) is 24.3 Å². The van der Waals surface area contributed by atoms with Gasteiger partial charge in [0.2, 0.25) is 0 Å². The predicted octanol–water partition coefficient (Wildman–Crippen LogP) is 2.64. The Kier molecular flexibility index (Phi) is 2.60. The molecule has 0 N–H and O–H groups in total. The van der Waals surface area contributed by atoms with E-state index in [0.29, 0.717) is 0 Å². The molecule has 1 spiro atoms. The fourth-order valence-corrected chi connectivity index (χ4v) is 2.89. The minimum atomic E-state index is 0.227. The van der Waals surface area contributed by atoms with Crippen LogP contribution >= 0.6 is 0 Å². The molecule has 2 nitrogen and oxygen atoms in total. The van der Waals surface area contributed by atoms with Crippen LogP contribution in [-0.4, -0.2) is 25.3 Å². The van der Waals surface area contributed by atoms with Crippen molar-refractivity contribution in [1.82, 2.24) is 0 Å². The lowest BCUT2D eigenvalue weighted by molar-refractivity contribution is -0.0146. The summed E-state index contributed by atoms with van der Waals surface area (Å²) < 4.78 is 5.93. The maximum atomic E-state index is 5.93. The van der Waals surface area contributed by atoms with E-state index in [-0.39, 0.29) is 5.60 Å². The Bertz CT molecular complexity index is 333. The van der Waals surface area contributed by atoms with Crippen molar-refractivity contribution in [3.8, 4) is 0 Å². The Morgan fingerprint density at radius 2 is 2.06 bits per heavy atom. The third kappa shape index (κ3) is 1.82. The van der Waals surface area contributed by atoms with Gasteiger partial charge in [-0.15, -0.1) is 0 Å². The van der Waals surface area contributed by atoms with E-state index < -0.39 is 0 Å². The number of ether oxygens (including phenoxy) is 1. The second-order valence-electron chi connectivity index (χ2n) is 4.87. The number of hydrogen-bond acceptors (Lipinski definition) is 2. The average Bonchev–Trinajstić information content (AvgIpc) is 2.80. The van der Waals surface area contributed by atoms with E-state index in [0.717, 1.165) is 19.7 Å². The van der Waals surface area contributed by atoms with E-state index in [1.807, 2.05) is 12.1 Å². The van der Waals surface area contributed by atoms with Crippen molar-refractivity contribution >= 4 is 5.69 Å². The molecule has 1 radical (unpaired) electrons. The van der Waals surface area contributed by atoms with Gasteiger partial charge in [-0.3, -0.25) is 0 Å². The van der Waals surface area contributed by atoms with E-state index in [1.165, 1.54) is 31.4 Å². The second kappa shape index (κ2) is 4.10. The van der Waals surface area contributed by atoms with Crippen LogP contribution in [0.5, 0.6) is 0 Å². The van der Waals surface area contributed by atoms with Crippen LogP contribution in [0.1, 0.15) is 25.7 Å². The van der Waals surface area contributed by atoms with Gasteiger partial charge in [0, 0.05) is 31.5 Å². The summed E-state index contributed by atoms with van der Waals surface area (Å²) in [5.74, 6) is 0. The van der Waals surface area contributed by atoms with Gasteiger partial charge in [0.25, 0.3) is 0 Å². The molecule has 0 unspecified atom stereocenters. The Hall–Kier alpha value is -1.02. The molecule has 0 amide bonds. The van der Waals surface area contributed by atoms with Gasteiger partial charge >= 0.3 is 0 Å². The van der Waals surface area contributed by atoms with Gasteiger partial charge in [0.15, 0.2) is 0 Å². The third-order valence-electron chi connectivity index (χ3n) is 3.89. The number of anilines is 1. The molecule has 2 aliphatic heterocycles. The standard InChI is InChI=1S/C14H18NO/c1-2-5-13(6-3-1)15-10-8-14(9-11-15)7-4-12-16-14/h1-3,5H,4,7-12H2. The first-order chi connectivity index (χ1) is 7.88. The number of para-hydroxylation sites is 1. The highest BCUT2D eigenvalue weighted by Crippen LogP contribution is 2.36. The summed E-state index contributed by atoms with van der Waals surface area (Å²) in [7, 11) is 0. The average molecular weight is 216 g/mol. The van der Waals surface area contributed by atoms with Gasteiger partial charge in [-0.1, -0.05) is 18.2 Å². The summed E-state index contributed by atoms with van der Waals surface area (Å²) in [6.07, 6.45) is 4.86. The lowest BCUT2D eigenvalue weighted by atomic mass is 9.88. The monoisotopic (exact) mass is 216 g/mol. The Labute approximate surface area is 97.2 Å². The van der Waals surface area contributed by atoms with Crippen LogP contribution in [0.3, 0.4) is 0 Å². The first-order valence-corrected chi connectivity index (χ1v) is 6.24. The van der Waals surface area contributed by atoms with Crippen molar-refractivity contribution in [2.45, 2.75) is 31.3 Å². The van der Waals surface area contributed by atoms with Gasteiger partial charge in [0.05, 0.1) is 5.60 Å². The van der Waals surface area contributed by atoms with E-state index in [1.54, 1.807) is 0 Å². The topological polar surface area (TPSA) is 12.5 Å². The highest BCUT2D eigenvalue weighted by Gasteiger charge is 2.38. The summed E-state index contributed by atoms with van der Waals surface area (Å²) in [4.78, 5) is 2.42. The molecule has 2 fully saturated rings. The van der Waals surface area contributed by atoms with Crippen LogP contribution in [0.25, 0.3) is 0 Å². The molecular formula is C14H18NO. The number of hydrogen-bond donors (Lipinski definition) is 0. The van der Waals surface area contributed by atoms with E-state index >= 15 is 0 Å². The summed E-state index contributed by atoms with van der Waals surface area (Å²) in [5.41, 5.74) is 1.46. The summed E-state index contributed by atoms with van der Waals surface area (Å²) in [6, 6.07) is 11.5. The Balaban J connectivity index is 1.66. The van der Waals surface area contributed by atoms with E-state index in [2.05, 4.69) is 23.1 Å². The normalized spacial score (nSPS) is 23.9. The molecule has 85 valence electrons. The highest BCUT2D eigenvalue weighted by atomic mass is 16.5. The van der Waals surface area contributed by atoms with Gasteiger partial charge < -0.3 is 9.64 Å². The number of benzene rings is 1. The Morgan fingerprint density at radius 3 is 2.69 bits per heavy atom. The van der Waals surface area contributed by atoms with Gasteiger partial charge in [-0.25, -0.2) is 0 Å². The van der Waals surface area contributed by atoms with E-state index in [9.17, 15) is 0 Å². The smallest absolute Gasteiger partial charge is 0.0717 e. The molecular weight excluding hydrogens is 198 g/mol. The van der Waals surface area contributed by atoms with Gasteiger partial charge in [-0.05, 0) is 31.7 Å². The molecule has 0 aromatic heterocycles. The minimum absolute atomic E-state index is 0.227. The van der Waals surface area contributed by atoms with Crippen molar-refractivity contribution in [1.29, 1.82) is 0 Å². The number of rotatable bonds is 1. The fraction of sp³-hybridized carbons (Fsp3) is 0.571. The molecule has 2 aliphatic rings. The second-order valence-corrected chi connectivity index (χ2v) is 4.87. The molecule has 2 heterocycles. The lowest BCUT2D eigenvalue weighted by Gasteiger charge is -2.39. The largest absolute Gasteiger partial charge is 0.375 e. The van der Waals surface area contributed by atoms with Crippen LogP contribution < -0.4 is 4.90 Å². The van der Waals surface area contributed by atoms with Gasteiger partial charge in [-0.2, -0.15) is 0 Å². The van der Waals surface area contributed by atoms with Crippen molar-refractivity contribution in [3.63, 3.8) is 0 Å². The number of piperidine rings is 1. The molecule has 3 rings (SSSR count). The van der Waals surface area contributed by atoms with Crippen LogP contribution in [-0.2, 0) is 4.74 Å². The predicted molar refractivity (Wildman–Crippen MR) is 64.6 cm³/mol. The molecule has 1 aromatic rings. The molecule has 2 saturated heterocycles. The van der Waals surface area contributed by atoms with Crippen LogP contribution in [0.2, 0.25) is 0 Å². The molecule has 0 aliphatic carbocycles. The quantitative estimate of drug-likeness (QED) is 0.715. The molecule has 0 saturated carbocycles. The first-order valence-electron chi connectivity index (χ1n) is 6.24. The van der Waals surface area contributed by atoms with Gasteiger partial charge in [0.1, 0.15) is 0 Å². The highest BCUT2D eigenvalue weighted by molar-refractivity contribution is 5.45. The zero-order valence-electron chi connectivity index (χ0n) is 9.61. The summed E-state index contributed by atoms with van der Waals surface area (Å²) >= 11 is 0. The van der Waals surface area contributed by atoms with Crippen molar-refractivity contribution in [2.75, 3.05) is 24.6 Å². The minimum Gasteiger partial charge on any atom is -0.375 e. The summed E-state index contributed by atoms with van der Waals surface area (Å²) in [5, 5.41) is 0. The maximum absolute atomic E-state index is 5.93. The molecule has 1 aromatic carbocycles. The van der Waals surface area contributed by atoms with E-state index in [4.69, 9.17) is 4.74 Å². The fourth-order valence-electron chi connectivity index (χ4n) is 2.89. The van der Waals surface area contributed by atoms with Crippen LogP contribution in [0, 0.1) is 6.07 Å². The van der Waals surface area contributed by atoms with Crippen molar-refractivity contribution in [3.05, 3.63) is 30.3 Å². The molecule has 2 heteroatoms. The zero-order chi connectivity index (χ0) is 10.8. The summed E-state index contributed by atoms with van der Waals surface area (Å²) in [6.45, 7) is 3.19. The number of nitrogens with zero attached hydrogens (tertiary/aromatic N) is 1. The molecule has 16 heavy (non-hydrogen) atoms. The Morgan fingerprint density at radius 1 is 1.19 bits per heavy atom. The molecule has 0 atom stereocenters. The SMILES string of the molecule is [c]1ccccc1N1CCC2(CCCO2)CC1.